The predicted octanol–water partition coefficient (Wildman–Crippen LogP) is 4.94. The minimum atomic E-state index is -0.667. The molecule has 1 fully saturated rings. The summed E-state index contributed by atoms with van der Waals surface area (Å²) < 4.78 is 16.2. The van der Waals surface area contributed by atoms with Crippen molar-refractivity contribution in [3.05, 3.63) is 98.9 Å². The van der Waals surface area contributed by atoms with Crippen molar-refractivity contribution in [3.8, 4) is 17.2 Å². The summed E-state index contributed by atoms with van der Waals surface area (Å²) in [7, 11) is 1.53. The molecule has 10 nitrogen and oxygen atoms in total. The first-order valence-electron chi connectivity index (χ1n) is 10.9. The molecular formula is C26H20N2O8S. The Hall–Kier alpha value is -4.64. The van der Waals surface area contributed by atoms with Gasteiger partial charge in [0.1, 0.15) is 12.4 Å². The maximum atomic E-state index is 12.7. The molecule has 0 N–H and O–H groups in total. The Morgan fingerprint density at radius 2 is 1.68 bits per heavy atom. The number of para-hydroxylation sites is 2. The molecule has 0 saturated carbocycles. The van der Waals surface area contributed by atoms with Crippen LogP contribution in [-0.2, 0) is 4.79 Å². The number of non-ortho nitro benzene ring substituents is 1. The zero-order valence-electron chi connectivity index (χ0n) is 19.5. The number of nitrogens with zero attached hydrogens (tertiary/aromatic N) is 2. The lowest BCUT2D eigenvalue weighted by Gasteiger charge is -2.14. The average Bonchev–Trinajstić information content (AvgIpc) is 3.17. The van der Waals surface area contributed by atoms with Gasteiger partial charge in [-0.25, -0.2) is 4.79 Å². The highest BCUT2D eigenvalue weighted by Gasteiger charge is 2.34. The molecule has 37 heavy (non-hydrogen) atoms. The number of ether oxygens (including phenoxy) is 3. The van der Waals surface area contributed by atoms with Gasteiger partial charge in [0.2, 0.25) is 0 Å². The summed E-state index contributed by atoms with van der Waals surface area (Å²) >= 11 is 0.831. The van der Waals surface area contributed by atoms with Crippen LogP contribution in [0.25, 0.3) is 6.08 Å². The number of thioether (sulfide) groups is 1. The van der Waals surface area contributed by atoms with E-state index in [-0.39, 0.29) is 35.1 Å². The summed E-state index contributed by atoms with van der Waals surface area (Å²) in [4.78, 5) is 49.0. The fourth-order valence-corrected chi connectivity index (χ4v) is 4.21. The molecule has 0 atom stereocenters. The maximum absolute atomic E-state index is 12.7. The molecule has 188 valence electrons. The summed E-state index contributed by atoms with van der Waals surface area (Å²) in [5.74, 6) is 0.230. The van der Waals surface area contributed by atoms with E-state index in [1.54, 1.807) is 48.5 Å². The molecule has 3 aromatic carbocycles. The van der Waals surface area contributed by atoms with E-state index in [1.807, 2.05) is 6.07 Å². The van der Waals surface area contributed by atoms with E-state index in [9.17, 15) is 24.5 Å². The van der Waals surface area contributed by atoms with Crippen LogP contribution < -0.4 is 14.2 Å². The number of rotatable bonds is 9. The minimum absolute atomic E-state index is 0.0809. The minimum Gasteiger partial charge on any atom is -0.493 e. The predicted molar refractivity (Wildman–Crippen MR) is 136 cm³/mol. The van der Waals surface area contributed by atoms with Crippen molar-refractivity contribution in [3.63, 3.8) is 0 Å². The Morgan fingerprint density at radius 3 is 2.32 bits per heavy atom. The zero-order chi connectivity index (χ0) is 26.4. The van der Waals surface area contributed by atoms with Crippen LogP contribution in [-0.4, -0.2) is 47.2 Å². The summed E-state index contributed by atoms with van der Waals surface area (Å²) in [5.41, 5.74) is 0.665. The molecule has 1 saturated heterocycles. The molecule has 0 radical (unpaired) electrons. The molecule has 0 bridgehead atoms. The van der Waals surface area contributed by atoms with Gasteiger partial charge in [0.15, 0.2) is 11.5 Å². The Morgan fingerprint density at radius 1 is 1.00 bits per heavy atom. The summed E-state index contributed by atoms with van der Waals surface area (Å²) in [6.45, 7) is 0.193. The third-order valence-electron chi connectivity index (χ3n) is 5.22. The number of nitro groups is 1. The van der Waals surface area contributed by atoms with Crippen molar-refractivity contribution < 1.29 is 33.5 Å². The normalized spacial score (nSPS) is 14.1. The molecule has 0 spiro atoms. The molecular weight excluding hydrogens is 500 g/mol. The van der Waals surface area contributed by atoms with E-state index in [0.29, 0.717) is 17.1 Å². The third-order valence-corrected chi connectivity index (χ3v) is 6.12. The number of hydrogen-bond donors (Lipinski definition) is 0. The quantitative estimate of drug-likeness (QED) is 0.127. The number of esters is 1. The van der Waals surface area contributed by atoms with Gasteiger partial charge in [0, 0.05) is 12.1 Å². The number of amides is 2. The summed E-state index contributed by atoms with van der Waals surface area (Å²) in [6, 6.07) is 18.5. The van der Waals surface area contributed by atoms with E-state index < -0.39 is 22.0 Å². The first-order chi connectivity index (χ1) is 17.9. The van der Waals surface area contributed by atoms with E-state index in [2.05, 4.69) is 0 Å². The van der Waals surface area contributed by atoms with Gasteiger partial charge >= 0.3 is 5.97 Å². The van der Waals surface area contributed by atoms with Crippen LogP contribution in [0.15, 0.2) is 77.7 Å². The zero-order valence-corrected chi connectivity index (χ0v) is 20.3. The van der Waals surface area contributed by atoms with Crippen LogP contribution in [0, 0.1) is 10.1 Å². The Balaban J connectivity index is 1.34. The van der Waals surface area contributed by atoms with Crippen LogP contribution in [0.5, 0.6) is 17.2 Å². The standard InChI is InChI=1S/C26H20N2O8S/c1-34-21-4-2-3-5-22(21)35-15-14-27-24(29)23(37-26(27)31)16-17-6-12-20(13-7-17)36-25(30)18-8-10-19(11-9-18)28(32)33/h2-13,16H,14-15H2,1H3/b23-16-. The van der Waals surface area contributed by atoms with Gasteiger partial charge in [-0.2, -0.15) is 0 Å². The highest BCUT2D eigenvalue weighted by atomic mass is 32.2. The molecule has 1 heterocycles. The maximum Gasteiger partial charge on any atom is 0.343 e. The number of carbonyl (C=O) groups is 3. The Bertz CT molecular complexity index is 1370. The lowest BCUT2D eigenvalue weighted by Crippen LogP contribution is -2.32. The second-order valence-corrected chi connectivity index (χ2v) is 8.59. The summed E-state index contributed by atoms with van der Waals surface area (Å²) in [5, 5.41) is 10.3. The fraction of sp³-hybridized carbons (Fsp3) is 0.115. The third kappa shape index (κ3) is 6.14. The van der Waals surface area contributed by atoms with Gasteiger partial charge in [-0.3, -0.25) is 24.6 Å². The van der Waals surface area contributed by atoms with Crippen molar-refractivity contribution >= 4 is 40.6 Å². The van der Waals surface area contributed by atoms with E-state index in [4.69, 9.17) is 14.2 Å². The van der Waals surface area contributed by atoms with Gasteiger partial charge in [-0.1, -0.05) is 24.3 Å². The number of hydrogen-bond acceptors (Lipinski definition) is 9. The second kappa shape index (κ2) is 11.4. The Kier molecular flexibility index (Phi) is 7.84. The van der Waals surface area contributed by atoms with Crippen molar-refractivity contribution in [2.45, 2.75) is 0 Å². The van der Waals surface area contributed by atoms with Gasteiger partial charge < -0.3 is 14.2 Å². The largest absolute Gasteiger partial charge is 0.493 e. The lowest BCUT2D eigenvalue weighted by atomic mass is 10.2. The van der Waals surface area contributed by atoms with Crippen LogP contribution in [0.4, 0.5) is 10.5 Å². The van der Waals surface area contributed by atoms with Crippen LogP contribution in [0.3, 0.4) is 0 Å². The Labute approximate surface area is 215 Å². The van der Waals surface area contributed by atoms with Crippen molar-refractivity contribution in [2.24, 2.45) is 0 Å². The number of methoxy groups -OCH3 is 1. The molecule has 0 aromatic heterocycles. The highest BCUT2D eigenvalue weighted by molar-refractivity contribution is 8.18. The van der Waals surface area contributed by atoms with Crippen LogP contribution in [0.1, 0.15) is 15.9 Å². The number of nitro benzene ring substituents is 1. The van der Waals surface area contributed by atoms with Crippen molar-refractivity contribution in [1.82, 2.24) is 4.90 Å². The molecule has 3 aromatic rings. The monoisotopic (exact) mass is 520 g/mol. The SMILES string of the molecule is COc1ccccc1OCCN1C(=O)S/C(=C\c2ccc(OC(=O)c3ccc([N+](=O)[O-])cc3)cc2)C1=O. The van der Waals surface area contributed by atoms with Crippen LogP contribution in [0.2, 0.25) is 0 Å². The second-order valence-electron chi connectivity index (χ2n) is 7.60. The highest BCUT2D eigenvalue weighted by Crippen LogP contribution is 2.33. The average molecular weight is 521 g/mol. The molecule has 1 aliphatic rings. The van der Waals surface area contributed by atoms with Gasteiger partial charge in [0.05, 0.1) is 29.0 Å². The molecule has 1 aliphatic heterocycles. The lowest BCUT2D eigenvalue weighted by molar-refractivity contribution is -0.384. The van der Waals surface area contributed by atoms with E-state index in [0.717, 1.165) is 16.7 Å². The van der Waals surface area contributed by atoms with Crippen LogP contribution >= 0.6 is 11.8 Å². The molecule has 2 amide bonds. The van der Waals surface area contributed by atoms with Gasteiger partial charge in [0.25, 0.3) is 16.8 Å². The molecule has 4 rings (SSSR count). The number of carbonyl (C=O) groups excluding carboxylic acids is 3. The van der Waals surface area contributed by atoms with Gasteiger partial charge in [-0.15, -0.1) is 0 Å². The summed E-state index contributed by atoms with van der Waals surface area (Å²) in [6.07, 6.45) is 1.58. The smallest absolute Gasteiger partial charge is 0.343 e. The van der Waals surface area contributed by atoms with Crippen molar-refractivity contribution in [1.29, 1.82) is 0 Å². The van der Waals surface area contributed by atoms with Gasteiger partial charge in [-0.05, 0) is 59.8 Å². The first-order valence-corrected chi connectivity index (χ1v) is 11.8. The first kappa shape index (κ1) is 25.5. The molecule has 11 heteroatoms. The number of benzene rings is 3. The molecule has 0 unspecified atom stereocenters. The van der Waals surface area contributed by atoms with E-state index in [1.165, 1.54) is 31.4 Å². The van der Waals surface area contributed by atoms with Crippen molar-refractivity contribution in [2.75, 3.05) is 20.3 Å². The van der Waals surface area contributed by atoms with E-state index >= 15 is 0 Å². The fourth-order valence-electron chi connectivity index (χ4n) is 3.35. The molecule has 0 aliphatic carbocycles. The number of imide groups is 1. The topological polar surface area (TPSA) is 125 Å².